The summed E-state index contributed by atoms with van der Waals surface area (Å²) < 4.78 is 5.36. The van der Waals surface area contributed by atoms with Gasteiger partial charge in [-0.3, -0.25) is 0 Å². The first-order chi connectivity index (χ1) is 7.34. The van der Waals surface area contributed by atoms with Crippen LogP contribution in [0.2, 0.25) is 0 Å². The van der Waals surface area contributed by atoms with E-state index in [9.17, 15) is 0 Å². The molecule has 0 amide bonds. The third-order valence-corrected chi connectivity index (χ3v) is 2.33. The van der Waals surface area contributed by atoms with Crippen molar-refractivity contribution in [3.63, 3.8) is 0 Å². The lowest BCUT2D eigenvalue weighted by Gasteiger charge is -1.90. The summed E-state index contributed by atoms with van der Waals surface area (Å²) in [7, 11) is 0. The number of nitrogens with one attached hydrogen (secondary N) is 1. The number of hydrogen-bond acceptors (Lipinski definition) is 3. The summed E-state index contributed by atoms with van der Waals surface area (Å²) in [5.74, 6) is 1.50. The molecule has 3 heterocycles. The standard InChI is InChI=1S/C11H9N3O/c1-7-4-6-15-9(7)11-13-8-3-2-5-12-10(8)14-11/h2-6H,1H3,(H,12,13,14). The van der Waals surface area contributed by atoms with E-state index in [-0.39, 0.29) is 0 Å². The fourth-order valence-corrected chi connectivity index (χ4v) is 1.57. The third kappa shape index (κ3) is 1.22. The second-order valence-electron chi connectivity index (χ2n) is 3.39. The molecule has 3 aromatic rings. The lowest BCUT2D eigenvalue weighted by molar-refractivity contribution is 0.577. The van der Waals surface area contributed by atoms with Crippen LogP contribution in [0, 0.1) is 6.92 Å². The van der Waals surface area contributed by atoms with Crippen molar-refractivity contribution < 1.29 is 4.42 Å². The van der Waals surface area contributed by atoms with Gasteiger partial charge in [0.2, 0.25) is 0 Å². The van der Waals surface area contributed by atoms with Gasteiger partial charge in [-0.05, 0) is 30.7 Å². The van der Waals surface area contributed by atoms with Crippen molar-refractivity contribution in [1.29, 1.82) is 0 Å². The lowest BCUT2D eigenvalue weighted by atomic mass is 10.3. The highest BCUT2D eigenvalue weighted by Crippen LogP contribution is 2.23. The summed E-state index contributed by atoms with van der Waals surface area (Å²) in [6.45, 7) is 1.99. The van der Waals surface area contributed by atoms with Crippen molar-refractivity contribution in [3.05, 3.63) is 36.2 Å². The Balaban J connectivity index is 2.24. The molecule has 1 N–H and O–H groups in total. The number of nitrogens with zero attached hydrogens (tertiary/aromatic N) is 2. The molecule has 0 aliphatic heterocycles. The summed E-state index contributed by atoms with van der Waals surface area (Å²) in [4.78, 5) is 11.7. The molecule has 0 unspecified atom stereocenters. The minimum absolute atomic E-state index is 0.711. The van der Waals surface area contributed by atoms with Gasteiger partial charge in [-0.25, -0.2) is 9.97 Å². The van der Waals surface area contributed by atoms with Gasteiger partial charge in [0.25, 0.3) is 0 Å². The molecule has 0 spiro atoms. The molecule has 0 aromatic carbocycles. The Bertz CT molecular complexity index is 576. The Kier molecular flexibility index (Phi) is 1.62. The number of imidazole rings is 1. The fraction of sp³-hybridized carbons (Fsp3) is 0.0909. The number of rotatable bonds is 1. The zero-order chi connectivity index (χ0) is 10.3. The van der Waals surface area contributed by atoms with Gasteiger partial charge >= 0.3 is 0 Å². The molecule has 0 saturated carbocycles. The van der Waals surface area contributed by atoms with E-state index in [4.69, 9.17) is 4.42 Å². The van der Waals surface area contributed by atoms with Crippen LogP contribution < -0.4 is 0 Å². The van der Waals surface area contributed by atoms with Crippen molar-refractivity contribution in [2.24, 2.45) is 0 Å². The maximum absolute atomic E-state index is 5.36. The average molecular weight is 199 g/mol. The van der Waals surface area contributed by atoms with Gasteiger partial charge in [0.05, 0.1) is 11.8 Å². The van der Waals surface area contributed by atoms with Crippen LogP contribution in [0.1, 0.15) is 5.56 Å². The maximum Gasteiger partial charge on any atom is 0.178 e. The molecule has 0 bridgehead atoms. The van der Waals surface area contributed by atoms with E-state index in [1.165, 1.54) is 0 Å². The van der Waals surface area contributed by atoms with Gasteiger partial charge in [-0.1, -0.05) is 0 Å². The first-order valence-corrected chi connectivity index (χ1v) is 4.70. The number of aromatic amines is 1. The van der Waals surface area contributed by atoms with Crippen LogP contribution in [-0.4, -0.2) is 15.0 Å². The molecule has 3 aromatic heterocycles. The second kappa shape index (κ2) is 2.95. The summed E-state index contributed by atoms with van der Waals surface area (Å²) in [5.41, 5.74) is 2.70. The molecule has 15 heavy (non-hydrogen) atoms. The van der Waals surface area contributed by atoms with Crippen LogP contribution in [0.3, 0.4) is 0 Å². The molecular weight excluding hydrogens is 190 g/mol. The molecule has 4 heteroatoms. The van der Waals surface area contributed by atoms with Crippen LogP contribution in [0.4, 0.5) is 0 Å². The summed E-state index contributed by atoms with van der Waals surface area (Å²) >= 11 is 0. The SMILES string of the molecule is Cc1ccoc1-c1nc2ncccc2[nH]1. The molecule has 0 fully saturated rings. The van der Waals surface area contributed by atoms with Crippen LogP contribution in [0.5, 0.6) is 0 Å². The Morgan fingerprint density at radius 2 is 2.27 bits per heavy atom. The monoisotopic (exact) mass is 199 g/mol. The van der Waals surface area contributed by atoms with E-state index in [1.807, 2.05) is 25.1 Å². The van der Waals surface area contributed by atoms with Crippen LogP contribution in [0.25, 0.3) is 22.7 Å². The van der Waals surface area contributed by atoms with Gasteiger partial charge in [0.15, 0.2) is 17.2 Å². The Morgan fingerprint density at radius 3 is 3.00 bits per heavy atom. The Morgan fingerprint density at radius 1 is 1.33 bits per heavy atom. The molecule has 74 valence electrons. The topological polar surface area (TPSA) is 54.7 Å². The van der Waals surface area contributed by atoms with Gasteiger partial charge < -0.3 is 9.40 Å². The highest BCUT2D eigenvalue weighted by molar-refractivity contribution is 5.74. The zero-order valence-electron chi connectivity index (χ0n) is 8.19. The largest absolute Gasteiger partial charge is 0.461 e. The normalized spacial score (nSPS) is 11.0. The van der Waals surface area contributed by atoms with Crippen molar-refractivity contribution in [3.8, 4) is 11.6 Å². The van der Waals surface area contributed by atoms with Gasteiger partial charge in [-0.2, -0.15) is 0 Å². The number of H-pyrrole nitrogens is 1. The predicted molar refractivity (Wildman–Crippen MR) is 56.3 cm³/mol. The molecule has 0 aliphatic rings. The minimum Gasteiger partial charge on any atom is -0.461 e. The number of hydrogen-bond donors (Lipinski definition) is 1. The molecule has 0 radical (unpaired) electrons. The first-order valence-electron chi connectivity index (χ1n) is 4.70. The molecule has 4 nitrogen and oxygen atoms in total. The quantitative estimate of drug-likeness (QED) is 0.655. The van der Waals surface area contributed by atoms with Crippen LogP contribution in [-0.2, 0) is 0 Å². The van der Waals surface area contributed by atoms with Gasteiger partial charge in [0.1, 0.15) is 0 Å². The molecule has 0 saturated heterocycles. The Hall–Kier alpha value is -2.10. The van der Waals surface area contributed by atoms with E-state index in [0.717, 1.165) is 22.7 Å². The summed E-state index contributed by atoms with van der Waals surface area (Å²) in [5, 5.41) is 0. The average Bonchev–Trinajstić information content (AvgIpc) is 2.82. The predicted octanol–water partition coefficient (Wildman–Crippen LogP) is 2.53. The fourth-order valence-electron chi connectivity index (χ4n) is 1.57. The van der Waals surface area contributed by atoms with E-state index in [1.54, 1.807) is 12.5 Å². The highest BCUT2D eigenvalue weighted by atomic mass is 16.3. The van der Waals surface area contributed by atoms with Crippen molar-refractivity contribution in [2.75, 3.05) is 0 Å². The first kappa shape index (κ1) is 8.23. The van der Waals surface area contributed by atoms with Gasteiger partial charge in [0, 0.05) is 6.20 Å². The molecule has 0 aliphatic carbocycles. The third-order valence-electron chi connectivity index (χ3n) is 2.33. The van der Waals surface area contributed by atoms with Gasteiger partial charge in [-0.15, -0.1) is 0 Å². The van der Waals surface area contributed by atoms with Crippen molar-refractivity contribution in [2.45, 2.75) is 6.92 Å². The highest BCUT2D eigenvalue weighted by Gasteiger charge is 2.10. The van der Waals surface area contributed by atoms with Crippen LogP contribution in [0.15, 0.2) is 35.1 Å². The maximum atomic E-state index is 5.36. The number of furan rings is 1. The zero-order valence-corrected chi connectivity index (χ0v) is 8.19. The second-order valence-corrected chi connectivity index (χ2v) is 3.39. The number of fused-ring (bicyclic) bond motifs is 1. The Labute approximate surface area is 86.0 Å². The molecule has 3 rings (SSSR count). The van der Waals surface area contributed by atoms with Crippen molar-refractivity contribution >= 4 is 11.2 Å². The van der Waals surface area contributed by atoms with Crippen molar-refractivity contribution in [1.82, 2.24) is 15.0 Å². The molecule has 0 atom stereocenters. The lowest BCUT2D eigenvalue weighted by Crippen LogP contribution is -1.79. The number of pyridine rings is 1. The number of aryl methyl sites for hydroxylation is 1. The van der Waals surface area contributed by atoms with Crippen LogP contribution >= 0.6 is 0 Å². The molecular formula is C11H9N3O. The van der Waals surface area contributed by atoms with E-state index >= 15 is 0 Å². The summed E-state index contributed by atoms with van der Waals surface area (Å²) in [6.07, 6.45) is 3.38. The van der Waals surface area contributed by atoms with E-state index in [2.05, 4.69) is 15.0 Å². The van der Waals surface area contributed by atoms with E-state index < -0.39 is 0 Å². The summed E-state index contributed by atoms with van der Waals surface area (Å²) in [6, 6.07) is 5.73. The number of aromatic nitrogens is 3. The van der Waals surface area contributed by atoms with E-state index in [0.29, 0.717) is 5.65 Å². The smallest absolute Gasteiger partial charge is 0.178 e. The minimum atomic E-state index is 0.711.